The number of ether oxygens (including phenoxy) is 2. The molecule has 98 valence electrons. The van der Waals surface area contributed by atoms with Gasteiger partial charge in [0.15, 0.2) is 11.5 Å². The van der Waals surface area contributed by atoms with Crippen molar-refractivity contribution >= 4 is 6.29 Å². The minimum atomic E-state index is 0.384. The SMILES string of the molecule is COc1cc(CC=O)ccc1OCc1ccccc1. The Balaban J connectivity index is 2.09. The molecule has 0 saturated heterocycles. The van der Waals surface area contributed by atoms with Crippen molar-refractivity contribution in [3.63, 3.8) is 0 Å². The van der Waals surface area contributed by atoms with E-state index in [0.717, 1.165) is 17.4 Å². The van der Waals surface area contributed by atoms with Gasteiger partial charge >= 0.3 is 0 Å². The molecule has 0 aliphatic rings. The van der Waals surface area contributed by atoms with E-state index in [9.17, 15) is 4.79 Å². The quantitative estimate of drug-likeness (QED) is 0.745. The van der Waals surface area contributed by atoms with Gasteiger partial charge in [-0.15, -0.1) is 0 Å². The second kappa shape index (κ2) is 6.59. The van der Waals surface area contributed by atoms with Crippen LogP contribution in [0.5, 0.6) is 11.5 Å². The normalized spacial score (nSPS) is 9.95. The Hall–Kier alpha value is -2.29. The fourth-order valence-electron chi connectivity index (χ4n) is 1.79. The maximum Gasteiger partial charge on any atom is 0.161 e. The number of aldehydes is 1. The minimum absolute atomic E-state index is 0.384. The molecule has 0 aliphatic heterocycles. The van der Waals surface area contributed by atoms with Crippen LogP contribution in [0.15, 0.2) is 48.5 Å². The maximum absolute atomic E-state index is 10.5. The summed E-state index contributed by atoms with van der Waals surface area (Å²) in [6.45, 7) is 0.490. The zero-order chi connectivity index (χ0) is 13.5. The average Bonchev–Trinajstić information content (AvgIpc) is 2.47. The van der Waals surface area contributed by atoms with Crippen LogP contribution in [-0.2, 0) is 17.8 Å². The zero-order valence-electron chi connectivity index (χ0n) is 10.8. The summed E-state index contributed by atoms with van der Waals surface area (Å²) in [5.74, 6) is 1.33. The number of benzene rings is 2. The summed E-state index contributed by atoms with van der Waals surface area (Å²) in [4.78, 5) is 10.5. The summed E-state index contributed by atoms with van der Waals surface area (Å²) in [6, 6.07) is 15.5. The molecule has 0 unspecified atom stereocenters. The molecule has 3 nitrogen and oxygen atoms in total. The Morgan fingerprint density at radius 3 is 2.47 bits per heavy atom. The minimum Gasteiger partial charge on any atom is -0.493 e. The smallest absolute Gasteiger partial charge is 0.161 e. The van der Waals surface area contributed by atoms with E-state index < -0.39 is 0 Å². The number of carbonyl (C=O) groups is 1. The van der Waals surface area contributed by atoms with Gasteiger partial charge in [0.2, 0.25) is 0 Å². The first-order valence-electron chi connectivity index (χ1n) is 6.10. The lowest BCUT2D eigenvalue weighted by atomic mass is 10.1. The van der Waals surface area contributed by atoms with E-state index in [-0.39, 0.29) is 0 Å². The Kier molecular flexibility index (Phi) is 4.56. The lowest BCUT2D eigenvalue weighted by Gasteiger charge is -2.11. The average molecular weight is 256 g/mol. The molecule has 0 bridgehead atoms. The molecule has 0 amide bonds. The van der Waals surface area contributed by atoms with E-state index in [2.05, 4.69) is 0 Å². The predicted octanol–water partition coefficient (Wildman–Crippen LogP) is 3.02. The summed E-state index contributed by atoms with van der Waals surface area (Å²) in [5, 5.41) is 0. The van der Waals surface area contributed by atoms with E-state index >= 15 is 0 Å². The summed E-state index contributed by atoms with van der Waals surface area (Å²) < 4.78 is 11.0. The van der Waals surface area contributed by atoms with Gasteiger partial charge in [0.1, 0.15) is 12.9 Å². The third-order valence-corrected chi connectivity index (χ3v) is 2.78. The van der Waals surface area contributed by atoms with Gasteiger partial charge in [0.05, 0.1) is 7.11 Å². The fourth-order valence-corrected chi connectivity index (χ4v) is 1.79. The highest BCUT2D eigenvalue weighted by molar-refractivity contribution is 5.56. The molecule has 0 atom stereocenters. The van der Waals surface area contributed by atoms with E-state index in [0.29, 0.717) is 24.5 Å². The highest BCUT2D eigenvalue weighted by atomic mass is 16.5. The highest BCUT2D eigenvalue weighted by Gasteiger charge is 2.06. The molecule has 0 heterocycles. The van der Waals surface area contributed by atoms with Crippen LogP contribution in [0.1, 0.15) is 11.1 Å². The van der Waals surface area contributed by atoms with Crippen molar-refractivity contribution in [1.29, 1.82) is 0 Å². The fraction of sp³-hybridized carbons (Fsp3) is 0.188. The van der Waals surface area contributed by atoms with E-state index in [1.807, 2.05) is 48.5 Å². The molecule has 0 spiro atoms. The van der Waals surface area contributed by atoms with Gasteiger partial charge in [0.25, 0.3) is 0 Å². The van der Waals surface area contributed by atoms with Crippen LogP contribution < -0.4 is 9.47 Å². The van der Waals surface area contributed by atoms with Gasteiger partial charge in [-0.1, -0.05) is 36.4 Å². The summed E-state index contributed by atoms with van der Waals surface area (Å²) >= 11 is 0. The molecule has 2 aromatic rings. The second-order valence-electron chi connectivity index (χ2n) is 4.13. The van der Waals surface area contributed by atoms with Crippen molar-refractivity contribution in [2.24, 2.45) is 0 Å². The van der Waals surface area contributed by atoms with Gasteiger partial charge in [-0.2, -0.15) is 0 Å². The summed E-state index contributed by atoms with van der Waals surface area (Å²) in [7, 11) is 1.59. The van der Waals surface area contributed by atoms with Gasteiger partial charge in [-0.3, -0.25) is 0 Å². The number of hydrogen-bond donors (Lipinski definition) is 0. The summed E-state index contributed by atoms with van der Waals surface area (Å²) in [6.07, 6.45) is 1.26. The van der Waals surface area contributed by atoms with Crippen molar-refractivity contribution in [3.8, 4) is 11.5 Å². The molecule has 2 rings (SSSR count). The van der Waals surface area contributed by atoms with Crippen molar-refractivity contribution in [2.45, 2.75) is 13.0 Å². The maximum atomic E-state index is 10.5. The Morgan fingerprint density at radius 2 is 1.79 bits per heavy atom. The standard InChI is InChI=1S/C16H16O3/c1-18-16-11-13(9-10-17)7-8-15(16)19-12-14-5-3-2-4-6-14/h2-8,10-11H,9,12H2,1H3. The van der Waals surface area contributed by atoms with Crippen LogP contribution in [-0.4, -0.2) is 13.4 Å². The van der Waals surface area contributed by atoms with Crippen molar-refractivity contribution in [3.05, 3.63) is 59.7 Å². The molecule has 0 saturated carbocycles. The lowest BCUT2D eigenvalue weighted by Crippen LogP contribution is -1.98. The van der Waals surface area contributed by atoms with Crippen LogP contribution in [0.25, 0.3) is 0 Å². The first-order chi connectivity index (χ1) is 9.33. The lowest BCUT2D eigenvalue weighted by molar-refractivity contribution is -0.107. The third-order valence-electron chi connectivity index (χ3n) is 2.78. The molecule has 0 radical (unpaired) electrons. The van der Waals surface area contributed by atoms with E-state index in [1.54, 1.807) is 7.11 Å². The monoisotopic (exact) mass is 256 g/mol. The number of carbonyl (C=O) groups excluding carboxylic acids is 1. The van der Waals surface area contributed by atoms with Crippen LogP contribution in [0.4, 0.5) is 0 Å². The molecular weight excluding hydrogens is 240 g/mol. The van der Waals surface area contributed by atoms with Gasteiger partial charge in [-0.25, -0.2) is 0 Å². The van der Waals surface area contributed by atoms with Gasteiger partial charge in [-0.05, 0) is 23.3 Å². The molecule has 0 N–H and O–H groups in total. The number of rotatable bonds is 6. The first kappa shape index (κ1) is 13.1. The Bertz CT molecular complexity index is 535. The highest BCUT2D eigenvalue weighted by Crippen LogP contribution is 2.28. The van der Waals surface area contributed by atoms with Crippen molar-refractivity contribution < 1.29 is 14.3 Å². The van der Waals surface area contributed by atoms with Crippen molar-refractivity contribution in [2.75, 3.05) is 7.11 Å². The Morgan fingerprint density at radius 1 is 1.00 bits per heavy atom. The third kappa shape index (κ3) is 3.58. The number of hydrogen-bond acceptors (Lipinski definition) is 3. The molecule has 3 heteroatoms. The number of methoxy groups -OCH3 is 1. The topological polar surface area (TPSA) is 35.5 Å². The van der Waals surface area contributed by atoms with Crippen molar-refractivity contribution in [1.82, 2.24) is 0 Å². The van der Waals surface area contributed by atoms with Gasteiger partial charge in [0, 0.05) is 6.42 Å². The van der Waals surface area contributed by atoms with Crippen LogP contribution >= 0.6 is 0 Å². The second-order valence-corrected chi connectivity index (χ2v) is 4.13. The largest absolute Gasteiger partial charge is 0.493 e. The van der Waals surface area contributed by atoms with Crippen LogP contribution in [0.3, 0.4) is 0 Å². The van der Waals surface area contributed by atoms with E-state index in [1.165, 1.54) is 0 Å². The first-order valence-corrected chi connectivity index (χ1v) is 6.10. The molecule has 0 aliphatic carbocycles. The van der Waals surface area contributed by atoms with Crippen LogP contribution in [0.2, 0.25) is 0 Å². The molecule has 0 fully saturated rings. The van der Waals surface area contributed by atoms with E-state index in [4.69, 9.17) is 9.47 Å². The molecule has 19 heavy (non-hydrogen) atoms. The molecule has 2 aromatic carbocycles. The molecule has 0 aromatic heterocycles. The predicted molar refractivity (Wildman–Crippen MR) is 73.5 cm³/mol. The Labute approximate surface area is 112 Å². The van der Waals surface area contributed by atoms with Crippen LogP contribution in [0, 0.1) is 0 Å². The zero-order valence-corrected chi connectivity index (χ0v) is 10.8. The molecular formula is C16H16O3. The van der Waals surface area contributed by atoms with Gasteiger partial charge < -0.3 is 14.3 Å². The summed E-state index contributed by atoms with van der Waals surface area (Å²) in [5.41, 5.74) is 2.01.